The number of aromatic nitrogens is 5. The van der Waals surface area contributed by atoms with E-state index in [4.69, 9.17) is 29.4 Å². The first kappa shape index (κ1) is 22.5. The molecule has 4 atom stereocenters. The molecule has 0 spiro atoms. The molecule has 0 aliphatic carbocycles. The van der Waals surface area contributed by atoms with Crippen LogP contribution in [0.1, 0.15) is 38.3 Å². The zero-order chi connectivity index (χ0) is 24.1. The molecule has 11 heteroatoms. The molecule has 4 unspecified atom stereocenters. The van der Waals surface area contributed by atoms with E-state index in [2.05, 4.69) is 15.9 Å². The maximum atomic E-state index is 10.1. The van der Waals surface area contributed by atoms with Gasteiger partial charge in [-0.2, -0.15) is 14.9 Å². The molecule has 4 aliphatic rings. The molecule has 0 radical (unpaired) electrons. The minimum absolute atomic E-state index is 0.0286. The summed E-state index contributed by atoms with van der Waals surface area (Å²) in [4.78, 5) is 9.71. The molecule has 192 valence electrons. The Morgan fingerprint density at radius 1 is 1.06 bits per heavy atom. The van der Waals surface area contributed by atoms with Gasteiger partial charge in [-0.3, -0.25) is 0 Å². The van der Waals surface area contributed by atoms with Crippen molar-refractivity contribution in [1.82, 2.24) is 24.5 Å². The number of morpholine rings is 2. The Labute approximate surface area is 209 Å². The van der Waals surface area contributed by atoms with Crippen molar-refractivity contribution in [3.8, 4) is 5.82 Å². The smallest absolute Gasteiger partial charge is 0.177 e. The van der Waals surface area contributed by atoms with Gasteiger partial charge in [0.15, 0.2) is 11.5 Å². The second kappa shape index (κ2) is 9.29. The molecular formula is C25H33N7O4. The van der Waals surface area contributed by atoms with Gasteiger partial charge in [-0.1, -0.05) is 0 Å². The van der Waals surface area contributed by atoms with Crippen molar-refractivity contribution >= 4 is 22.5 Å². The van der Waals surface area contributed by atoms with Crippen molar-refractivity contribution < 1.29 is 19.3 Å². The topological polar surface area (TPSA) is 103 Å². The summed E-state index contributed by atoms with van der Waals surface area (Å²) in [5, 5.41) is 20.6. The number of nitrogens with zero attached hydrogens (tertiary/aromatic N) is 7. The molecule has 7 heterocycles. The number of ether oxygens (including phenoxy) is 3. The van der Waals surface area contributed by atoms with Gasteiger partial charge in [-0.05, 0) is 32.1 Å². The van der Waals surface area contributed by atoms with Crippen LogP contribution in [0, 0.1) is 0 Å². The lowest BCUT2D eigenvalue weighted by atomic mass is 10.1. The molecule has 3 aromatic rings. The Bertz CT molecular complexity index is 1210. The Morgan fingerprint density at radius 2 is 1.94 bits per heavy atom. The monoisotopic (exact) mass is 495 g/mol. The van der Waals surface area contributed by atoms with Crippen molar-refractivity contribution in [3.05, 3.63) is 24.5 Å². The molecule has 3 aromatic heterocycles. The Morgan fingerprint density at radius 3 is 2.75 bits per heavy atom. The van der Waals surface area contributed by atoms with Gasteiger partial charge in [-0.25, -0.2) is 9.67 Å². The average molecular weight is 496 g/mol. The summed E-state index contributed by atoms with van der Waals surface area (Å²) in [5.41, 5.74) is 1.79. The molecule has 2 bridgehead atoms. The van der Waals surface area contributed by atoms with Gasteiger partial charge in [0.25, 0.3) is 0 Å². The van der Waals surface area contributed by atoms with Crippen LogP contribution in [0.3, 0.4) is 0 Å². The summed E-state index contributed by atoms with van der Waals surface area (Å²) < 4.78 is 21.4. The number of aliphatic hydroxyl groups excluding tert-OH is 1. The second-order valence-corrected chi connectivity index (χ2v) is 10.2. The maximum absolute atomic E-state index is 10.1. The van der Waals surface area contributed by atoms with E-state index >= 15 is 0 Å². The van der Waals surface area contributed by atoms with Gasteiger partial charge < -0.3 is 29.1 Å². The highest BCUT2D eigenvalue weighted by Crippen LogP contribution is 2.36. The minimum Gasteiger partial charge on any atom is -0.394 e. The van der Waals surface area contributed by atoms with E-state index in [1.165, 1.54) is 0 Å². The molecule has 4 saturated heterocycles. The average Bonchev–Trinajstić information content (AvgIpc) is 3.66. The van der Waals surface area contributed by atoms with Crippen LogP contribution in [0.5, 0.6) is 0 Å². The predicted octanol–water partition coefficient (Wildman–Crippen LogP) is 1.88. The van der Waals surface area contributed by atoms with E-state index < -0.39 is 0 Å². The van der Waals surface area contributed by atoms with Gasteiger partial charge in [0.05, 0.1) is 55.3 Å². The number of rotatable bonds is 5. The fraction of sp³-hybridized carbons (Fsp3) is 0.640. The Hall–Kier alpha value is -2.73. The standard InChI is InChI=1S/C25H33N7O4/c33-15-17-16-34-10-8-30(17)21-11-23(29-13-18-4-5-19(14-29)36-18)27-25-20(21)12-26-32(25)22-6-7-31(28-22)24-3-1-2-9-35-24/h6-7,11-12,17-19,24,33H,1-5,8-10,13-16H2. The summed E-state index contributed by atoms with van der Waals surface area (Å²) in [6, 6.07) is 4.02. The first-order valence-electron chi connectivity index (χ1n) is 13.2. The number of pyridine rings is 1. The molecule has 0 amide bonds. The van der Waals surface area contributed by atoms with E-state index in [-0.39, 0.29) is 31.1 Å². The summed E-state index contributed by atoms with van der Waals surface area (Å²) in [6.07, 6.45) is 9.73. The molecule has 0 aromatic carbocycles. The van der Waals surface area contributed by atoms with E-state index in [0.29, 0.717) is 19.8 Å². The lowest BCUT2D eigenvalue weighted by Gasteiger charge is -2.38. The quantitative estimate of drug-likeness (QED) is 0.568. The minimum atomic E-state index is -0.107. The first-order chi connectivity index (χ1) is 17.8. The number of aliphatic hydroxyl groups is 1. The van der Waals surface area contributed by atoms with Crippen LogP contribution < -0.4 is 9.80 Å². The third kappa shape index (κ3) is 3.94. The van der Waals surface area contributed by atoms with Crippen LogP contribution in [0.25, 0.3) is 16.9 Å². The van der Waals surface area contributed by atoms with E-state index in [9.17, 15) is 5.11 Å². The first-order valence-corrected chi connectivity index (χ1v) is 13.2. The van der Waals surface area contributed by atoms with Crippen LogP contribution in [0.15, 0.2) is 24.5 Å². The Kier molecular flexibility index (Phi) is 5.80. The third-order valence-corrected chi connectivity index (χ3v) is 7.88. The number of fused-ring (bicyclic) bond motifs is 3. The van der Waals surface area contributed by atoms with Crippen molar-refractivity contribution in [2.24, 2.45) is 0 Å². The highest BCUT2D eigenvalue weighted by Gasteiger charge is 2.35. The van der Waals surface area contributed by atoms with Gasteiger partial charge in [-0.15, -0.1) is 0 Å². The summed E-state index contributed by atoms with van der Waals surface area (Å²) >= 11 is 0. The van der Waals surface area contributed by atoms with Crippen molar-refractivity contribution in [3.63, 3.8) is 0 Å². The number of hydrogen-bond donors (Lipinski definition) is 1. The largest absolute Gasteiger partial charge is 0.394 e. The van der Waals surface area contributed by atoms with Crippen LogP contribution in [0.4, 0.5) is 11.5 Å². The second-order valence-electron chi connectivity index (χ2n) is 10.2. The van der Waals surface area contributed by atoms with Crippen LogP contribution >= 0.6 is 0 Å². The molecular weight excluding hydrogens is 462 g/mol. The molecule has 1 N–H and O–H groups in total. The summed E-state index contributed by atoms with van der Waals surface area (Å²) in [5.74, 6) is 1.63. The van der Waals surface area contributed by atoms with Crippen LogP contribution in [-0.4, -0.2) is 94.0 Å². The SMILES string of the molecule is OCC1COCCN1c1cc(N2CC3CCC(C2)O3)nc2c1cnn2-c1ccn(C2CCCCO2)n1. The van der Waals surface area contributed by atoms with E-state index in [0.717, 1.165) is 80.2 Å². The van der Waals surface area contributed by atoms with Crippen molar-refractivity contribution in [2.45, 2.75) is 56.6 Å². The molecule has 4 aliphatic heterocycles. The highest BCUT2D eigenvalue weighted by molar-refractivity contribution is 5.92. The normalized spacial score (nSPS) is 28.8. The fourth-order valence-corrected chi connectivity index (χ4v) is 6.00. The molecule has 7 rings (SSSR count). The lowest BCUT2D eigenvalue weighted by Crippen LogP contribution is -2.48. The van der Waals surface area contributed by atoms with Crippen LogP contribution in [0.2, 0.25) is 0 Å². The van der Waals surface area contributed by atoms with Gasteiger partial charge >= 0.3 is 0 Å². The van der Waals surface area contributed by atoms with Crippen molar-refractivity contribution in [2.75, 3.05) is 55.9 Å². The van der Waals surface area contributed by atoms with Crippen LogP contribution in [-0.2, 0) is 14.2 Å². The summed E-state index contributed by atoms with van der Waals surface area (Å²) in [7, 11) is 0. The molecule has 0 saturated carbocycles. The zero-order valence-electron chi connectivity index (χ0n) is 20.4. The zero-order valence-corrected chi connectivity index (χ0v) is 20.4. The van der Waals surface area contributed by atoms with Gasteiger partial charge in [0.2, 0.25) is 0 Å². The van der Waals surface area contributed by atoms with E-state index in [1.54, 1.807) is 0 Å². The molecule has 36 heavy (non-hydrogen) atoms. The lowest BCUT2D eigenvalue weighted by molar-refractivity contribution is -0.0395. The molecule has 4 fully saturated rings. The highest BCUT2D eigenvalue weighted by atomic mass is 16.5. The van der Waals surface area contributed by atoms with E-state index in [1.807, 2.05) is 27.8 Å². The van der Waals surface area contributed by atoms with Crippen molar-refractivity contribution in [1.29, 1.82) is 0 Å². The summed E-state index contributed by atoms with van der Waals surface area (Å²) in [6.45, 7) is 4.30. The maximum Gasteiger partial charge on any atom is 0.177 e. The molecule has 11 nitrogen and oxygen atoms in total. The fourth-order valence-electron chi connectivity index (χ4n) is 6.00. The Balaban J connectivity index is 1.31. The van der Waals surface area contributed by atoms with Gasteiger partial charge in [0, 0.05) is 44.6 Å². The number of hydrogen-bond acceptors (Lipinski definition) is 9. The number of anilines is 2. The predicted molar refractivity (Wildman–Crippen MR) is 133 cm³/mol. The van der Waals surface area contributed by atoms with Gasteiger partial charge in [0.1, 0.15) is 12.0 Å². The third-order valence-electron chi connectivity index (χ3n) is 7.88.